The summed E-state index contributed by atoms with van der Waals surface area (Å²) < 4.78 is 17.3. The van der Waals surface area contributed by atoms with E-state index in [2.05, 4.69) is 10.2 Å². The van der Waals surface area contributed by atoms with Crippen molar-refractivity contribution in [2.45, 2.75) is 18.8 Å². The Bertz CT molecular complexity index is 1440. The Kier molecular flexibility index (Phi) is 9.00. The number of carbonyl (C=O) groups is 1. The molecule has 0 spiro atoms. The van der Waals surface area contributed by atoms with Crippen molar-refractivity contribution < 1.29 is 23.8 Å². The van der Waals surface area contributed by atoms with E-state index in [0.29, 0.717) is 44.3 Å². The molecule has 37 heavy (non-hydrogen) atoms. The predicted octanol–water partition coefficient (Wildman–Crippen LogP) is 7.89. The van der Waals surface area contributed by atoms with Gasteiger partial charge in [-0.15, -0.1) is 10.2 Å². The highest BCUT2D eigenvalue weighted by Crippen LogP contribution is 2.34. The van der Waals surface area contributed by atoms with E-state index in [0.717, 1.165) is 17.3 Å². The van der Waals surface area contributed by atoms with Crippen LogP contribution >= 0.6 is 46.6 Å². The summed E-state index contributed by atoms with van der Waals surface area (Å²) in [7, 11) is 0. The molecule has 0 aliphatic heterocycles. The van der Waals surface area contributed by atoms with Gasteiger partial charge in [0.05, 0.1) is 6.61 Å². The van der Waals surface area contributed by atoms with Crippen molar-refractivity contribution in [2.24, 2.45) is 0 Å². The van der Waals surface area contributed by atoms with Crippen LogP contribution in [0, 0.1) is 0 Å². The molecule has 1 N–H and O–H groups in total. The monoisotopic (exact) mass is 576 g/mol. The zero-order chi connectivity index (χ0) is 26.4. The smallest absolute Gasteiger partial charge is 0.342 e. The minimum Gasteiger partial charge on any atom is -0.490 e. The Morgan fingerprint density at radius 2 is 1.73 bits per heavy atom. The Labute approximate surface area is 232 Å². The number of hydrogen-bond donors (Lipinski definition) is 1. The summed E-state index contributed by atoms with van der Waals surface area (Å²) in [5.74, 6) is 0.0506. The fourth-order valence-corrected chi connectivity index (χ4v) is 4.40. The summed E-state index contributed by atoms with van der Waals surface area (Å²) in [4.78, 5) is 11.9. The van der Waals surface area contributed by atoms with E-state index in [9.17, 15) is 9.90 Å². The molecule has 0 fully saturated rings. The van der Waals surface area contributed by atoms with E-state index in [-0.39, 0.29) is 22.6 Å². The molecule has 1 aromatic heterocycles. The molecule has 0 aliphatic carbocycles. The summed E-state index contributed by atoms with van der Waals surface area (Å²) in [5, 5.41) is 19.4. The number of carboxylic acid groups (broad SMARTS) is 1. The summed E-state index contributed by atoms with van der Waals surface area (Å²) >= 11 is 18.9. The first kappa shape index (κ1) is 26.9. The predicted molar refractivity (Wildman–Crippen MR) is 145 cm³/mol. The summed E-state index contributed by atoms with van der Waals surface area (Å²) in [6.07, 6.45) is 1.49. The quantitative estimate of drug-likeness (QED) is 0.150. The molecule has 11 heteroatoms. The van der Waals surface area contributed by atoms with Crippen LogP contribution in [0.25, 0.3) is 17.5 Å². The highest BCUT2D eigenvalue weighted by atomic mass is 35.5. The molecule has 4 aromatic rings. The van der Waals surface area contributed by atoms with Crippen molar-refractivity contribution in [1.82, 2.24) is 10.2 Å². The number of halogens is 3. The minimum absolute atomic E-state index is 0.0182. The SMILES string of the molecule is CCOc1cc(/C=C(\Sc2nnc(-c3ccc(Cl)cc3)o2)C(=O)O)ccc1OCc1ccc(Cl)cc1Cl. The topological polar surface area (TPSA) is 94.7 Å². The number of carboxylic acids is 1. The molecule has 0 amide bonds. The Hall–Kier alpha value is -3.17. The van der Waals surface area contributed by atoms with Crippen LogP contribution in [0.2, 0.25) is 15.1 Å². The molecule has 0 bridgehead atoms. The third-order valence-corrected chi connectivity index (χ3v) is 6.56. The van der Waals surface area contributed by atoms with E-state index in [4.69, 9.17) is 48.7 Å². The van der Waals surface area contributed by atoms with Crippen LogP contribution in [-0.4, -0.2) is 27.9 Å². The normalized spacial score (nSPS) is 11.4. The maximum absolute atomic E-state index is 11.9. The number of nitrogens with zero attached hydrogens (tertiary/aromatic N) is 2. The molecule has 0 radical (unpaired) electrons. The third kappa shape index (κ3) is 7.20. The minimum atomic E-state index is -1.15. The van der Waals surface area contributed by atoms with E-state index >= 15 is 0 Å². The lowest BCUT2D eigenvalue weighted by atomic mass is 10.2. The van der Waals surface area contributed by atoms with Crippen LogP contribution in [-0.2, 0) is 11.4 Å². The largest absolute Gasteiger partial charge is 0.490 e. The number of thioether (sulfide) groups is 1. The second-order valence-electron chi connectivity index (χ2n) is 7.46. The lowest BCUT2D eigenvalue weighted by Gasteiger charge is -2.13. The molecule has 1 heterocycles. The van der Waals surface area contributed by atoms with E-state index in [1.807, 2.05) is 6.92 Å². The Morgan fingerprint density at radius 3 is 2.43 bits per heavy atom. The second kappa shape index (κ2) is 12.4. The standard InChI is InChI=1S/C26H19Cl3N2O5S/c1-2-34-22-11-15(3-10-21(22)35-14-17-6-9-19(28)13-20(17)29)12-23(25(32)33)37-26-31-30-24(36-26)16-4-7-18(27)8-5-16/h3-13H,2,14H2,1H3,(H,32,33)/b23-12-. The third-order valence-electron chi connectivity index (χ3n) is 4.87. The highest BCUT2D eigenvalue weighted by molar-refractivity contribution is 8.03. The maximum atomic E-state index is 11.9. The fraction of sp³-hybridized carbons (Fsp3) is 0.115. The van der Waals surface area contributed by atoms with Crippen molar-refractivity contribution in [3.05, 3.63) is 91.8 Å². The van der Waals surface area contributed by atoms with Crippen molar-refractivity contribution >= 4 is 58.6 Å². The lowest BCUT2D eigenvalue weighted by molar-refractivity contribution is -0.131. The fourth-order valence-electron chi connectivity index (χ4n) is 3.14. The maximum Gasteiger partial charge on any atom is 0.342 e. The molecule has 0 saturated carbocycles. The van der Waals surface area contributed by atoms with Crippen LogP contribution < -0.4 is 9.47 Å². The molecule has 190 valence electrons. The molecule has 0 saturated heterocycles. The summed E-state index contributed by atoms with van der Waals surface area (Å²) in [6.45, 7) is 2.44. The molecule has 7 nitrogen and oxygen atoms in total. The molecular weight excluding hydrogens is 559 g/mol. The zero-order valence-electron chi connectivity index (χ0n) is 19.3. The van der Waals surface area contributed by atoms with Gasteiger partial charge in [-0.2, -0.15) is 0 Å². The van der Waals surface area contributed by atoms with Gasteiger partial charge in [0.1, 0.15) is 11.5 Å². The van der Waals surface area contributed by atoms with Gasteiger partial charge in [0.2, 0.25) is 5.89 Å². The molecule has 0 aliphatic rings. The summed E-state index contributed by atoms with van der Waals surface area (Å²) in [5.41, 5.74) is 2.02. The average molecular weight is 578 g/mol. The zero-order valence-corrected chi connectivity index (χ0v) is 22.4. The molecule has 0 unspecified atom stereocenters. The van der Waals surface area contributed by atoms with Gasteiger partial charge in [0.25, 0.3) is 5.22 Å². The van der Waals surface area contributed by atoms with Crippen LogP contribution in [0.1, 0.15) is 18.1 Å². The van der Waals surface area contributed by atoms with Gasteiger partial charge in [0.15, 0.2) is 11.5 Å². The number of rotatable bonds is 10. The second-order valence-corrected chi connectivity index (χ2v) is 9.73. The molecule has 0 atom stereocenters. The first-order chi connectivity index (χ1) is 17.8. The average Bonchev–Trinajstić information content (AvgIpc) is 3.33. The van der Waals surface area contributed by atoms with E-state index in [1.165, 1.54) is 6.08 Å². The van der Waals surface area contributed by atoms with E-state index in [1.54, 1.807) is 60.7 Å². The molecular formula is C26H19Cl3N2O5S. The van der Waals surface area contributed by atoms with Gasteiger partial charge in [-0.25, -0.2) is 4.79 Å². The van der Waals surface area contributed by atoms with Crippen LogP contribution in [0.4, 0.5) is 0 Å². The lowest BCUT2D eigenvalue weighted by Crippen LogP contribution is -2.01. The molecule has 3 aromatic carbocycles. The van der Waals surface area contributed by atoms with Crippen LogP contribution in [0.3, 0.4) is 0 Å². The van der Waals surface area contributed by atoms with Crippen LogP contribution in [0.5, 0.6) is 11.5 Å². The van der Waals surface area contributed by atoms with Crippen LogP contribution in [0.15, 0.2) is 75.2 Å². The first-order valence-corrected chi connectivity index (χ1v) is 12.8. The van der Waals surface area contributed by atoms with Crippen molar-refractivity contribution in [1.29, 1.82) is 0 Å². The van der Waals surface area contributed by atoms with Gasteiger partial charge >= 0.3 is 5.97 Å². The van der Waals surface area contributed by atoms with Gasteiger partial charge in [-0.05, 0) is 78.9 Å². The number of aliphatic carboxylic acids is 1. The van der Waals surface area contributed by atoms with Crippen molar-refractivity contribution in [3.8, 4) is 23.0 Å². The number of aromatic nitrogens is 2. The van der Waals surface area contributed by atoms with Gasteiger partial charge in [0, 0.05) is 26.2 Å². The Morgan fingerprint density at radius 1 is 0.973 bits per heavy atom. The van der Waals surface area contributed by atoms with Gasteiger partial charge in [-0.3, -0.25) is 0 Å². The van der Waals surface area contributed by atoms with Gasteiger partial charge < -0.3 is 19.0 Å². The Balaban J connectivity index is 1.53. The number of ether oxygens (including phenoxy) is 2. The van der Waals surface area contributed by atoms with Crippen molar-refractivity contribution in [2.75, 3.05) is 6.61 Å². The van der Waals surface area contributed by atoms with E-state index < -0.39 is 5.97 Å². The molecule has 4 rings (SSSR count). The first-order valence-electron chi connectivity index (χ1n) is 10.9. The number of hydrogen-bond acceptors (Lipinski definition) is 7. The van der Waals surface area contributed by atoms with Crippen molar-refractivity contribution in [3.63, 3.8) is 0 Å². The number of benzene rings is 3. The summed E-state index contributed by atoms with van der Waals surface area (Å²) in [6, 6.07) is 17.1. The highest BCUT2D eigenvalue weighted by Gasteiger charge is 2.17. The van der Waals surface area contributed by atoms with Gasteiger partial charge in [-0.1, -0.05) is 46.9 Å².